The number of urea groups is 1. The minimum absolute atomic E-state index is 0.0552. The third kappa shape index (κ3) is 3.89. The lowest BCUT2D eigenvalue weighted by Crippen LogP contribution is -2.55. The van der Waals surface area contributed by atoms with Crippen molar-refractivity contribution in [1.29, 1.82) is 0 Å². The van der Waals surface area contributed by atoms with Crippen LogP contribution in [0, 0.1) is 5.41 Å². The van der Waals surface area contributed by atoms with Gasteiger partial charge in [0.1, 0.15) is 0 Å². The number of ether oxygens (including phenoxy) is 2. The largest absolute Gasteiger partial charge is 0.481 e. The zero-order valence-corrected chi connectivity index (χ0v) is 13.3. The van der Waals surface area contributed by atoms with Crippen molar-refractivity contribution >= 4 is 12.0 Å². The average molecular weight is 314 g/mol. The Balaban J connectivity index is 2.00. The highest BCUT2D eigenvalue weighted by atomic mass is 16.5. The van der Waals surface area contributed by atoms with Crippen molar-refractivity contribution in [2.24, 2.45) is 5.41 Å². The van der Waals surface area contributed by atoms with Gasteiger partial charge in [-0.2, -0.15) is 0 Å². The molecule has 0 aromatic heterocycles. The van der Waals surface area contributed by atoms with Gasteiger partial charge in [-0.1, -0.05) is 0 Å². The molecule has 2 saturated heterocycles. The van der Waals surface area contributed by atoms with Crippen molar-refractivity contribution < 1.29 is 24.2 Å². The van der Waals surface area contributed by atoms with Gasteiger partial charge in [0.05, 0.1) is 18.6 Å². The Morgan fingerprint density at radius 1 is 1.23 bits per heavy atom. The van der Waals surface area contributed by atoms with Crippen LogP contribution in [0.3, 0.4) is 0 Å². The van der Waals surface area contributed by atoms with Crippen molar-refractivity contribution in [3.8, 4) is 0 Å². The molecule has 0 aliphatic carbocycles. The molecule has 126 valence electrons. The zero-order valence-electron chi connectivity index (χ0n) is 13.3. The summed E-state index contributed by atoms with van der Waals surface area (Å²) in [4.78, 5) is 27.8. The Hall–Kier alpha value is -1.34. The van der Waals surface area contributed by atoms with Gasteiger partial charge in [-0.25, -0.2) is 4.79 Å². The Morgan fingerprint density at radius 2 is 1.95 bits per heavy atom. The molecule has 7 heteroatoms. The number of carbonyl (C=O) groups excluding carboxylic acids is 1. The molecule has 2 amide bonds. The summed E-state index contributed by atoms with van der Waals surface area (Å²) < 4.78 is 10.3. The molecule has 0 radical (unpaired) electrons. The fourth-order valence-electron chi connectivity index (χ4n) is 3.29. The minimum atomic E-state index is -0.835. The summed E-state index contributed by atoms with van der Waals surface area (Å²) in [7, 11) is 1.61. The first kappa shape index (κ1) is 17.0. The van der Waals surface area contributed by atoms with E-state index in [9.17, 15) is 14.7 Å². The topological polar surface area (TPSA) is 79.3 Å². The van der Waals surface area contributed by atoms with Crippen LogP contribution in [-0.2, 0) is 14.3 Å². The van der Waals surface area contributed by atoms with Gasteiger partial charge in [0.25, 0.3) is 0 Å². The molecule has 0 spiro atoms. The first-order valence-electron chi connectivity index (χ1n) is 7.93. The predicted octanol–water partition coefficient (Wildman–Crippen LogP) is 1.03. The molecule has 2 heterocycles. The van der Waals surface area contributed by atoms with Crippen LogP contribution in [0.5, 0.6) is 0 Å². The summed E-state index contributed by atoms with van der Waals surface area (Å²) in [6.45, 7) is 3.75. The van der Waals surface area contributed by atoms with Crippen molar-refractivity contribution in [2.45, 2.75) is 25.7 Å². The third-order valence-corrected chi connectivity index (χ3v) is 4.59. The maximum absolute atomic E-state index is 12.6. The lowest BCUT2D eigenvalue weighted by Gasteiger charge is -2.42. The van der Waals surface area contributed by atoms with E-state index < -0.39 is 11.4 Å². The minimum Gasteiger partial charge on any atom is -0.481 e. The number of hydrogen-bond acceptors (Lipinski definition) is 4. The predicted molar refractivity (Wildman–Crippen MR) is 79.8 cm³/mol. The van der Waals surface area contributed by atoms with Gasteiger partial charge in [-0.15, -0.1) is 0 Å². The van der Waals surface area contributed by atoms with Gasteiger partial charge in [0.15, 0.2) is 0 Å². The molecule has 2 fully saturated rings. The van der Waals surface area contributed by atoms with E-state index >= 15 is 0 Å². The van der Waals surface area contributed by atoms with E-state index in [1.54, 1.807) is 16.9 Å². The van der Waals surface area contributed by atoms with Crippen LogP contribution in [0.15, 0.2) is 0 Å². The van der Waals surface area contributed by atoms with Crippen LogP contribution in [-0.4, -0.2) is 80.0 Å². The van der Waals surface area contributed by atoms with Crippen LogP contribution in [0.2, 0.25) is 0 Å². The van der Waals surface area contributed by atoms with Crippen LogP contribution in [0.1, 0.15) is 25.7 Å². The molecule has 7 nitrogen and oxygen atoms in total. The van der Waals surface area contributed by atoms with Gasteiger partial charge in [0, 0.05) is 39.9 Å². The highest BCUT2D eigenvalue weighted by molar-refractivity contribution is 5.79. The molecule has 2 aliphatic heterocycles. The first-order chi connectivity index (χ1) is 10.6. The van der Waals surface area contributed by atoms with Crippen LogP contribution in [0.4, 0.5) is 4.79 Å². The van der Waals surface area contributed by atoms with E-state index in [1.165, 1.54) is 0 Å². The molecule has 1 N–H and O–H groups in total. The fraction of sp³-hybridized carbons (Fsp3) is 0.867. The van der Waals surface area contributed by atoms with Crippen molar-refractivity contribution in [1.82, 2.24) is 9.80 Å². The lowest BCUT2D eigenvalue weighted by atomic mass is 9.76. The smallest absolute Gasteiger partial charge is 0.320 e. The number of carboxylic acids is 1. The van der Waals surface area contributed by atoms with Crippen molar-refractivity contribution in [3.63, 3.8) is 0 Å². The van der Waals surface area contributed by atoms with E-state index in [0.29, 0.717) is 65.3 Å². The molecule has 0 bridgehead atoms. The molecule has 2 aliphatic rings. The molecule has 22 heavy (non-hydrogen) atoms. The van der Waals surface area contributed by atoms with E-state index in [1.807, 2.05) is 0 Å². The number of methoxy groups -OCH3 is 1. The Bertz CT molecular complexity index is 397. The quantitative estimate of drug-likeness (QED) is 0.767. The molecule has 0 aromatic rings. The zero-order chi connectivity index (χ0) is 16.0. The first-order valence-corrected chi connectivity index (χ1v) is 7.93. The Morgan fingerprint density at radius 3 is 2.59 bits per heavy atom. The monoisotopic (exact) mass is 314 g/mol. The molecule has 1 atom stereocenters. The standard InChI is InChI=1S/C15H26N2O5/c1-21-9-3-5-15(13(18)19)4-2-6-17(12-15)14(20)16-7-10-22-11-8-16/h2-12H2,1H3,(H,18,19). The average Bonchev–Trinajstić information content (AvgIpc) is 2.55. The number of carbonyl (C=O) groups is 2. The number of morpholine rings is 1. The molecular weight excluding hydrogens is 288 g/mol. The second kappa shape index (κ2) is 7.78. The Labute approximate surface area is 131 Å². The van der Waals surface area contributed by atoms with Crippen LogP contribution >= 0.6 is 0 Å². The second-order valence-corrected chi connectivity index (χ2v) is 6.09. The van der Waals surface area contributed by atoms with Gasteiger partial charge < -0.3 is 24.4 Å². The highest BCUT2D eigenvalue weighted by Gasteiger charge is 2.43. The summed E-state index contributed by atoms with van der Waals surface area (Å²) in [6, 6.07) is -0.0552. The molecule has 0 saturated carbocycles. The number of likely N-dealkylation sites (tertiary alicyclic amines) is 1. The molecule has 2 rings (SSSR count). The summed E-state index contributed by atoms with van der Waals surface area (Å²) in [5.41, 5.74) is -0.835. The maximum atomic E-state index is 12.6. The van der Waals surface area contributed by atoms with E-state index in [-0.39, 0.29) is 6.03 Å². The lowest BCUT2D eigenvalue weighted by molar-refractivity contribution is -0.152. The number of rotatable bonds is 5. The second-order valence-electron chi connectivity index (χ2n) is 6.09. The van der Waals surface area contributed by atoms with Gasteiger partial charge >= 0.3 is 12.0 Å². The SMILES string of the molecule is COCCCC1(C(=O)O)CCCN(C(=O)N2CCOCC2)C1. The number of amides is 2. The number of aliphatic carboxylic acids is 1. The maximum Gasteiger partial charge on any atom is 0.320 e. The van der Waals surface area contributed by atoms with E-state index in [4.69, 9.17) is 9.47 Å². The molecular formula is C15H26N2O5. The summed E-state index contributed by atoms with van der Waals surface area (Å²) >= 11 is 0. The number of hydrogen-bond donors (Lipinski definition) is 1. The van der Waals surface area contributed by atoms with Crippen LogP contribution in [0.25, 0.3) is 0 Å². The van der Waals surface area contributed by atoms with E-state index in [0.717, 1.165) is 6.42 Å². The summed E-state index contributed by atoms with van der Waals surface area (Å²) in [5, 5.41) is 9.69. The van der Waals surface area contributed by atoms with Gasteiger partial charge in [-0.05, 0) is 25.7 Å². The number of carboxylic acid groups (broad SMARTS) is 1. The van der Waals surface area contributed by atoms with E-state index in [2.05, 4.69) is 0 Å². The molecule has 1 unspecified atom stereocenters. The summed E-state index contributed by atoms with van der Waals surface area (Å²) in [6.07, 6.45) is 2.60. The normalized spacial score (nSPS) is 26.0. The summed E-state index contributed by atoms with van der Waals surface area (Å²) in [5.74, 6) is -0.803. The fourth-order valence-corrected chi connectivity index (χ4v) is 3.29. The Kier molecular flexibility index (Phi) is 6.02. The number of piperidine rings is 1. The number of nitrogens with zero attached hydrogens (tertiary/aromatic N) is 2. The van der Waals surface area contributed by atoms with Crippen molar-refractivity contribution in [2.75, 3.05) is 53.1 Å². The third-order valence-electron chi connectivity index (χ3n) is 4.59. The molecule has 0 aromatic carbocycles. The van der Waals surface area contributed by atoms with Gasteiger partial charge in [-0.3, -0.25) is 4.79 Å². The van der Waals surface area contributed by atoms with Crippen molar-refractivity contribution in [3.05, 3.63) is 0 Å². The highest BCUT2D eigenvalue weighted by Crippen LogP contribution is 2.35. The van der Waals surface area contributed by atoms with Crippen LogP contribution < -0.4 is 0 Å². The van der Waals surface area contributed by atoms with Gasteiger partial charge in [0.2, 0.25) is 0 Å².